The summed E-state index contributed by atoms with van der Waals surface area (Å²) in [6.45, 7) is 27.4. The maximum atomic E-state index is 2.52. The van der Waals surface area contributed by atoms with E-state index >= 15 is 0 Å². The van der Waals surface area contributed by atoms with Gasteiger partial charge in [-0.05, 0) is 156 Å². The molecule has 0 saturated carbocycles. The smallest absolute Gasteiger partial charge is 0.0543 e. The lowest BCUT2D eigenvalue weighted by atomic mass is 9.77. The highest BCUT2D eigenvalue weighted by Crippen LogP contribution is 2.52. The summed E-state index contributed by atoms with van der Waals surface area (Å²) in [5.41, 5.74) is 17.1. The molecule has 0 amide bonds. The lowest BCUT2D eigenvalue weighted by Crippen LogP contribution is -2.18. The van der Waals surface area contributed by atoms with Gasteiger partial charge < -0.3 is 9.80 Å². The third kappa shape index (κ3) is 6.40. The summed E-state index contributed by atoms with van der Waals surface area (Å²) in [6, 6.07) is 46.4. The Labute approximate surface area is 334 Å². The number of aryl methyl sites for hydroxylation is 6. The van der Waals surface area contributed by atoms with E-state index < -0.39 is 0 Å². The maximum Gasteiger partial charge on any atom is 0.0543 e. The van der Waals surface area contributed by atoms with E-state index in [1.54, 1.807) is 0 Å². The predicted octanol–water partition coefficient (Wildman–Crippen LogP) is 16.0. The standard InChI is InChI=1S/C54H56N2/c1-33-15-21-39(22-16-33)55(47-29-35(3)13-19-37(47)5)49-31-45(53(7,8)9)41-26-28-44-50(32-46(54(10,11)12)42-25-27-43(49)51(41)52(42)44)56(40-23-17-34(2)18-24-40)48-30-36(4)14-20-38(48)6/h13-32H,1-12H3. The van der Waals surface area contributed by atoms with Crippen LogP contribution in [-0.2, 0) is 10.8 Å². The van der Waals surface area contributed by atoms with E-state index in [0.29, 0.717) is 0 Å². The summed E-state index contributed by atoms with van der Waals surface area (Å²) in [4.78, 5) is 5.03. The third-order valence-corrected chi connectivity index (χ3v) is 11.7. The molecule has 0 unspecified atom stereocenters. The number of hydrogen-bond donors (Lipinski definition) is 0. The van der Waals surface area contributed by atoms with E-state index in [9.17, 15) is 0 Å². The SMILES string of the molecule is Cc1ccc(N(c2cc(C)ccc2C)c2cc(C(C)(C)C)c3ccc4c(N(c5ccc(C)cc5)c5cc(C)ccc5C)cc(C(C)(C)C)c5ccc2c3c45)cc1. The van der Waals surface area contributed by atoms with Gasteiger partial charge in [-0.1, -0.05) is 125 Å². The zero-order valence-electron chi connectivity index (χ0n) is 35.4. The molecule has 0 radical (unpaired) electrons. The van der Waals surface area contributed by atoms with Gasteiger partial charge in [0.1, 0.15) is 0 Å². The Hall–Kier alpha value is -5.60. The van der Waals surface area contributed by atoms with Crippen LogP contribution < -0.4 is 9.80 Å². The molecule has 0 aliphatic heterocycles. The Morgan fingerprint density at radius 3 is 0.982 bits per heavy atom. The minimum atomic E-state index is -0.111. The molecule has 0 N–H and O–H groups in total. The summed E-state index contributed by atoms with van der Waals surface area (Å²) in [7, 11) is 0. The molecule has 2 heteroatoms. The van der Waals surface area contributed by atoms with Crippen molar-refractivity contribution in [3.63, 3.8) is 0 Å². The zero-order chi connectivity index (χ0) is 39.8. The molecular weight excluding hydrogens is 677 g/mol. The fraction of sp³-hybridized carbons (Fsp3) is 0.259. The van der Waals surface area contributed by atoms with E-state index in [1.807, 2.05) is 0 Å². The van der Waals surface area contributed by atoms with Crippen molar-refractivity contribution in [2.24, 2.45) is 0 Å². The molecule has 2 nitrogen and oxygen atoms in total. The Morgan fingerprint density at radius 1 is 0.321 bits per heavy atom. The Balaban J connectivity index is 1.57. The van der Waals surface area contributed by atoms with Crippen LogP contribution in [0, 0.1) is 41.5 Å². The second-order valence-electron chi connectivity index (χ2n) is 18.4. The monoisotopic (exact) mass is 732 g/mol. The second kappa shape index (κ2) is 13.6. The van der Waals surface area contributed by atoms with Gasteiger partial charge in [0.05, 0.1) is 11.4 Å². The number of rotatable bonds is 6. The average Bonchev–Trinajstić information content (AvgIpc) is 3.14. The molecule has 0 aliphatic rings. The largest absolute Gasteiger partial charge is 0.310 e. The van der Waals surface area contributed by atoms with Gasteiger partial charge in [0.25, 0.3) is 0 Å². The molecule has 0 aromatic heterocycles. The molecule has 0 spiro atoms. The van der Waals surface area contributed by atoms with Crippen LogP contribution in [0.25, 0.3) is 32.3 Å². The lowest BCUT2D eigenvalue weighted by Gasteiger charge is -2.34. The number of hydrogen-bond acceptors (Lipinski definition) is 2. The second-order valence-corrected chi connectivity index (χ2v) is 18.4. The molecular formula is C54H56N2. The van der Waals surface area contributed by atoms with Crippen LogP contribution in [0.2, 0.25) is 0 Å². The molecule has 0 heterocycles. The molecule has 56 heavy (non-hydrogen) atoms. The van der Waals surface area contributed by atoms with Crippen LogP contribution in [0.1, 0.15) is 86.1 Å². The minimum absolute atomic E-state index is 0.111. The predicted molar refractivity (Wildman–Crippen MR) is 245 cm³/mol. The van der Waals surface area contributed by atoms with Crippen LogP contribution in [0.3, 0.4) is 0 Å². The van der Waals surface area contributed by atoms with Crippen molar-refractivity contribution >= 4 is 66.4 Å². The van der Waals surface area contributed by atoms with Crippen LogP contribution in [0.5, 0.6) is 0 Å². The number of nitrogens with zero attached hydrogens (tertiary/aromatic N) is 2. The van der Waals surface area contributed by atoms with Crippen molar-refractivity contribution in [3.8, 4) is 0 Å². The summed E-state index contributed by atoms with van der Waals surface area (Å²) in [5.74, 6) is 0. The fourth-order valence-corrected chi connectivity index (χ4v) is 8.69. The van der Waals surface area contributed by atoms with Gasteiger partial charge >= 0.3 is 0 Å². The summed E-state index contributed by atoms with van der Waals surface area (Å²) in [6.07, 6.45) is 0. The summed E-state index contributed by atoms with van der Waals surface area (Å²) >= 11 is 0. The minimum Gasteiger partial charge on any atom is -0.310 e. The molecule has 8 rings (SSSR count). The molecule has 282 valence electrons. The number of anilines is 6. The Morgan fingerprint density at radius 2 is 0.643 bits per heavy atom. The zero-order valence-corrected chi connectivity index (χ0v) is 35.4. The summed E-state index contributed by atoms with van der Waals surface area (Å²) < 4.78 is 0. The van der Waals surface area contributed by atoms with Gasteiger partial charge in [0.15, 0.2) is 0 Å². The molecule has 8 aromatic carbocycles. The van der Waals surface area contributed by atoms with Crippen LogP contribution >= 0.6 is 0 Å². The average molecular weight is 733 g/mol. The van der Waals surface area contributed by atoms with Crippen molar-refractivity contribution in [2.75, 3.05) is 9.80 Å². The van der Waals surface area contributed by atoms with Crippen LogP contribution in [0.15, 0.2) is 121 Å². The van der Waals surface area contributed by atoms with Gasteiger partial charge in [-0.2, -0.15) is 0 Å². The van der Waals surface area contributed by atoms with E-state index in [-0.39, 0.29) is 10.8 Å². The van der Waals surface area contributed by atoms with Crippen molar-refractivity contribution in [1.29, 1.82) is 0 Å². The van der Waals surface area contributed by atoms with Crippen molar-refractivity contribution in [3.05, 3.63) is 166 Å². The number of benzene rings is 8. The van der Waals surface area contributed by atoms with Crippen molar-refractivity contribution in [2.45, 2.75) is 93.9 Å². The third-order valence-electron chi connectivity index (χ3n) is 11.7. The Bertz CT molecular complexity index is 2560. The lowest BCUT2D eigenvalue weighted by molar-refractivity contribution is 0.595. The first-order chi connectivity index (χ1) is 26.5. The van der Waals surface area contributed by atoms with E-state index in [0.717, 1.165) is 11.4 Å². The molecule has 0 atom stereocenters. The van der Waals surface area contributed by atoms with Gasteiger partial charge in [-0.25, -0.2) is 0 Å². The molecule has 0 aliphatic carbocycles. The quantitative estimate of drug-likeness (QED) is 0.157. The van der Waals surface area contributed by atoms with Gasteiger partial charge in [0, 0.05) is 33.5 Å². The van der Waals surface area contributed by atoms with Gasteiger partial charge in [0.2, 0.25) is 0 Å². The molecule has 0 fully saturated rings. The van der Waals surface area contributed by atoms with E-state index in [1.165, 1.54) is 99.6 Å². The first-order valence-electron chi connectivity index (χ1n) is 20.2. The summed E-state index contributed by atoms with van der Waals surface area (Å²) in [5, 5.41) is 7.84. The first kappa shape index (κ1) is 37.3. The van der Waals surface area contributed by atoms with Gasteiger partial charge in [-0.15, -0.1) is 0 Å². The highest BCUT2D eigenvalue weighted by Gasteiger charge is 2.30. The van der Waals surface area contributed by atoms with Gasteiger partial charge in [-0.3, -0.25) is 0 Å². The highest BCUT2D eigenvalue weighted by molar-refractivity contribution is 6.29. The maximum absolute atomic E-state index is 2.52. The van der Waals surface area contributed by atoms with Crippen molar-refractivity contribution < 1.29 is 0 Å². The molecule has 0 saturated heterocycles. The topological polar surface area (TPSA) is 6.48 Å². The van der Waals surface area contributed by atoms with E-state index in [4.69, 9.17) is 0 Å². The molecule has 8 aromatic rings. The van der Waals surface area contributed by atoms with Crippen LogP contribution in [-0.4, -0.2) is 0 Å². The van der Waals surface area contributed by atoms with Crippen molar-refractivity contribution in [1.82, 2.24) is 0 Å². The van der Waals surface area contributed by atoms with E-state index in [2.05, 4.69) is 214 Å². The first-order valence-corrected chi connectivity index (χ1v) is 20.2. The normalized spacial score (nSPS) is 12.3. The molecule has 0 bridgehead atoms. The highest BCUT2D eigenvalue weighted by atomic mass is 15.2. The van der Waals surface area contributed by atoms with Crippen LogP contribution in [0.4, 0.5) is 34.1 Å². The fourth-order valence-electron chi connectivity index (χ4n) is 8.69. The Kier molecular flexibility index (Phi) is 9.04.